The number of imidazole rings is 1. The first kappa shape index (κ1) is 55.1. The van der Waals surface area contributed by atoms with Crippen molar-refractivity contribution >= 4 is 125 Å². The summed E-state index contributed by atoms with van der Waals surface area (Å²) in [7, 11) is -11.3. The van der Waals surface area contributed by atoms with E-state index in [1.54, 1.807) is 44.2 Å². The van der Waals surface area contributed by atoms with Crippen molar-refractivity contribution in [2.45, 2.75) is 54.7 Å². The zero-order chi connectivity index (χ0) is 55.0. The number of ether oxygens (including phenoxy) is 2. The third-order valence-electron chi connectivity index (χ3n) is 11.8. The van der Waals surface area contributed by atoms with Gasteiger partial charge in [0.25, 0.3) is 30.4 Å². The number of benzene rings is 5. The molecule has 3 aromatic heterocycles. The van der Waals surface area contributed by atoms with E-state index in [1.807, 2.05) is 6.07 Å². The number of hydrogen-bond donors (Lipinski definition) is 6. The molecule has 0 atom stereocenters. The van der Waals surface area contributed by atoms with Gasteiger partial charge in [-0.1, -0.05) is 17.4 Å². The van der Waals surface area contributed by atoms with Crippen molar-refractivity contribution in [2.75, 3.05) is 38.9 Å². The van der Waals surface area contributed by atoms with Crippen LogP contribution in [-0.4, -0.2) is 108 Å². The summed E-state index contributed by atoms with van der Waals surface area (Å²) in [6, 6.07) is 15.6. The molecule has 24 nitrogen and oxygen atoms in total. The van der Waals surface area contributed by atoms with E-state index < -0.39 is 51.8 Å². The molecule has 5 aromatic carbocycles. The van der Waals surface area contributed by atoms with Gasteiger partial charge < -0.3 is 24.8 Å². The third-order valence-corrected chi connectivity index (χ3v) is 16.4. The summed E-state index contributed by atoms with van der Waals surface area (Å²) in [4.78, 5) is 8.12. The lowest BCUT2D eigenvalue weighted by Gasteiger charge is -2.11. The molecule has 0 spiro atoms. The molecular weight excluding hydrogens is 1090 g/mol. The molecule has 6 N–H and O–H groups in total. The number of aliphatic hydroxyl groups excluding tert-OH is 2. The topological polar surface area (TPSA) is 370 Å². The summed E-state index contributed by atoms with van der Waals surface area (Å²) >= 11 is 2.16. The number of methoxy groups -OCH3 is 2. The molecule has 0 fully saturated rings. The molecule has 0 saturated carbocycles. The van der Waals surface area contributed by atoms with Crippen LogP contribution in [0.5, 0.6) is 17.4 Å². The molecular formula is C47H44N10O14S5. The van der Waals surface area contributed by atoms with Crippen LogP contribution in [0.25, 0.3) is 37.7 Å². The number of aromatic nitrogens is 3. The minimum Gasteiger partial charge on any atom is -0.497 e. The number of aliphatic hydroxyl groups is 2. The fourth-order valence-electron chi connectivity index (χ4n) is 8.19. The van der Waals surface area contributed by atoms with Crippen LogP contribution in [0.15, 0.2) is 100.0 Å². The molecule has 76 heavy (non-hydrogen) atoms. The Morgan fingerprint density at radius 3 is 2.01 bits per heavy atom. The summed E-state index contributed by atoms with van der Waals surface area (Å²) < 4.78 is 116. The maximum atomic E-state index is 12.7. The number of thiazole rings is 1. The molecule has 0 aliphatic heterocycles. The number of azo groups is 3. The number of aromatic hydroxyl groups is 1. The van der Waals surface area contributed by atoms with Gasteiger partial charge in [0, 0.05) is 47.3 Å². The Kier molecular flexibility index (Phi) is 15.9. The van der Waals surface area contributed by atoms with Gasteiger partial charge in [-0.05, 0) is 104 Å². The highest BCUT2D eigenvalue weighted by atomic mass is 32.2. The lowest BCUT2D eigenvalue weighted by molar-refractivity contribution is 0.298. The molecule has 0 unspecified atom stereocenters. The van der Waals surface area contributed by atoms with Gasteiger partial charge in [-0.25, -0.2) is 9.97 Å². The summed E-state index contributed by atoms with van der Waals surface area (Å²) in [6.45, 7) is 4.52. The number of aryl methyl sites for hydroxylation is 2. The van der Waals surface area contributed by atoms with E-state index in [9.17, 15) is 59.5 Å². The Morgan fingerprint density at radius 2 is 1.39 bits per heavy atom. The van der Waals surface area contributed by atoms with Gasteiger partial charge in [0.2, 0.25) is 11.0 Å². The second-order valence-electron chi connectivity index (χ2n) is 16.8. The van der Waals surface area contributed by atoms with Gasteiger partial charge in [0.05, 0.1) is 47.1 Å². The highest BCUT2D eigenvalue weighted by molar-refractivity contribution is 7.99. The number of fused-ring (bicyclic) bond motifs is 6. The largest absolute Gasteiger partial charge is 0.497 e. The fraction of sp³-hybridized carbons (Fsp3) is 0.255. The minimum atomic E-state index is -4.91. The van der Waals surface area contributed by atoms with Crippen molar-refractivity contribution < 1.29 is 63.7 Å². The third kappa shape index (κ3) is 11.4. The van der Waals surface area contributed by atoms with E-state index in [-0.39, 0.29) is 105 Å². The van der Waals surface area contributed by atoms with E-state index in [0.717, 1.165) is 27.4 Å². The average Bonchev–Trinajstić information content (AvgIpc) is 4.00. The fourth-order valence-corrected chi connectivity index (χ4v) is 12.2. The number of nitrogens with zero attached hydrogens (tertiary/aromatic N) is 10. The predicted molar refractivity (Wildman–Crippen MR) is 282 cm³/mol. The Labute approximate surface area is 441 Å². The maximum absolute atomic E-state index is 12.7. The molecule has 8 rings (SSSR count). The normalized spacial score (nSPS) is 12.7. The number of rotatable bonds is 19. The first-order valence-corrected chi connectivity index (χ1v) is 28.7. The summed E-state index contributed by atoms with van der Waals surface area (Å²) in [5.41, 5.74) is 3.00. The number of thioether (sulfide) groups is 1. The molecule has 8 aromatic rings. The lowest BCUT2D eigenvalue weighted by atomic mass is 9.97. The van der Waals surface area contributed by atoms with Crippen molar-refractivity contribution in [1.82, 2.24) is 14.4 Å². The van der Waals surface area contributed by atoms with E-state index >= 15 is 0 Å². The molecule has 0 aliphatic rings. The van der Waals surface area contributed by atoms with Crippen LogP contribution in [0.3, 0.4) is 0 Å². The average molecular weight is 1130 g/mol. The first-order valence-electron chi connectivity index (χ1n) is 22.4. The zero-order valence-electron chi connectivity index (χ0n) is 40.6. The van der Waals surface area contributed by atoms with E-state index in [2.05, 4.69) is 40.7 Å². The SMILES string of the molecule is COc1cc(S(=O)(=O)O)c2c(c1)nc1c(C#N)c(C)c(N=Nc3cc(C)c(N=Nc4cc(OC)c(N=Nc5nc6c(S(=O)(=O)O)cc7c(CCO)cc(CCO)cc7c6s5)cc4SCCCS(=O)(=O)O)cc3C)c(O)n12. The predicted octanol–water partition coefficient (Wildman–Crippen LogP) is 9.95. The Morgan fingerprint density at radius 1 is 0.737 bits per heavy atom. The minimum absolute atomic E-state index is 0.00643. The highest BCUT2D eigenvalue weighted by Gasteiger charge is 2.27. The van der Waals surface area contributed by atoms with Gasteiger partial charge in [-0.3, -0.25) is 18.1 Å². The van der Waals surface area contributed by atoms with Gasteiger partial charge >= 0.3 is 0 Å². The number of pyridine rings is 1. The van der Waals surface area contributed by atoms with Gasteiger partial charge in [0.15, 0.2) is 11.3 Å². The van der Waals surface area contributed by atoms with Crippen molar-refractivity contribution in [3.05, 3.63) is 88.0 Å². The van der Waals surface area contributed by atoms with Crippen LogP contribution in [0, 0.1) is 32.1 Å². The summed E-state index contributed by atoms with van der Waals surface area (Å²) in [5.74, 6) is -0.743. The molecule has 0 amide bonds. The number of hydrogen-bond acceptors (Lipinski definition) is 22. The Balaban J connectivity index is 1.15. The van der Waals surface area contributed by atoms with Crippen LogP contribution < -0.4 is 9.47 Å². The van der Waals surface area contributed by atoms with Crippen LogP contribution in [0.2, 0.25) is 0 Å². The molecule has 0 saturated heterocycles. The van der Waals surface area contributed by atoms with Crippen LogP contribution >= 0.6 is 23.1 Å². The second kappa shape index (κ2) is 21.9. The smallest absolute Gasteiger partial charge is 0.296 e. The van der Waals surface area contributed by atoms with Crippen LogP contribution in [0.4, 0.5) is 33.6 Å². The van der Waals surface area contributed by atoms with Gasteiger partial charge in [0.1, 0.15) is 49.8 Å². The zero-order valence-corrected chi connectivity index (χ0v) is 44.7. The van der Waals surface area contributed by atoms with Crippen molar-refractivity contribution in [3.8, 4) is 23.4 Å². The van der Waals surface area contributed by atoms with Gasteiger partial charge in [-0.2, -0.15) is 40.7 Å². The lowest BCUT2D eigenvalue weighted by Crippen LogP contribution is -2.04. The quantitative estimate of drug-likeness (QED) is 0.0190. The first-order chi connectivity index (χ1) is 36.0. The van der Waals surface area contributed by atoms with E-state index in [4.69, 9.17) is 9.47 Å². The van der Waals surface area contributed by atoms with Crippen molar-refractivity contribution in [1.29, 1.82) is 5.26 Å². The number of nitriles is 1. The molecule has 0 radical (unpaired) electrons. The highest BCUT2D eigenvalue weighted by Crippen LogP contribution is 2.45. The van der Waals surface area contributed by atoms with Crippen LogP contribution in [-0.2, 0) is 43.2 Å². The summed E-state index contributed by atoms with van der Waals surface area (Å²) in [6.07, 6.45) is 0.494. The van der Waals surface area contributed by atoms with Crippen molar-refractivity contribution in [2.24, 2.45) is 30.7 Å². The molecule has 0 aliphatic carbocycles. The Hall–Kier alpha value is -7.11. The Bertz CT molecular complexity index is 4170. The van der Waals surface area contributed by atoms with Crippen LogP contribution in [0.1, 0.15) is 39.8 Å². The molecule has 29 heteroatoms. The molecule has 0 bridgehead atoms. The molecule has 396 valence electrons. The maximum Gasteiger partial charge on any atom is 0.296 e. The molecule has 3 heterocycles. The van der Waals surface area contributed by atoms with E-state index in [0.29, 0.717) is 48.4 Å². The van der Waals surface area contributed by atoms with Crippen molar-refractivity contribution in [3.63, 3.8) is 0 Å². The summed E-state index contributed by atoms with van der Waals surface area (Å²) in [5, 5.41) is 68.7. The van der Waals surface area contributed by atoms with Gasteiger partial charge in [-0.15, -0.1) is 32.2 Å². The standard InChI is InChI=1S/C47H44N10O14S5/c1-23-14-33(52-55-41-25(3)31(22-48)45-49-36-17-28(70-4)18-40(76(67,68)69)43(36)57(45)46(41)60)24(2)13-32(23)51-54-35-20-37(71-5)34(21-38(35)72-11-6-12-74(61,62)63)53-56-47-50-42-39(75(64,65)66)19-29-27(8-10-59)15-26(7-9-58)16-30(29)44(42)73-47/h13-21,58-60H,6-12H2,1-5H3,(H,61,62,63)(H,64,65,66)(H,67,68,69). The monoisotopic (exact) mass is 1130 g/mol. The van der Waals surface area contributed by atoms with E-state index in [1.165, 1.54) is 51.1 Å². The second-order valence-corrected chi connectivity index (χ2v) is 23.3.